The summed E-state index contributed by atoms with van der Waals surface area (Å²) in [6, 6.07) is 19.4. The quantitative estimate of drug-likeness (QED) is 0.526. The fourth-order valence-corrected chi connectivity index (χ4v) is 3.41. The highest BCUT2D eigenvalue weighted by Crippen LogP contribution is 2.24. The highest BCUT2D eigenvalue weighted by atomic mass is 32.1. The van der Waals surface area contributed by atoms with Crippen molar-refractivity contribution >= 4 is 36.3 Å². The standard InChI is InChI=1S/C22H21N5O.H2S/c1-2-18(15-7-4-3-5-8-15)25-21(28)17-9-6-10-19-16(17)12-14-27(19)20-11-13-24-22(23)26-20;/h3-14,18H,2H2,1H3,(H,25,28)(H2,23,24,26);1H2/t18-;/m0./s1. The lowest BCUT2D eigenvalue weighted by Crippen LogP contribution is -2.28. The molecule has 0 fully saturated rings. The van der Waals surface area contributed by atoms with Crippen molar-refractivity contribution in [2.75, 3.05) is 5.73 Å². The first-order valence-corrected chi connectivity index (χ1v) is 9.22. The molecule has 29 heavy (non-hydrogen) atoms. The summed E-state index contributed by atoms with van der Waals surface area (Å²) in [6.45, 7) is 2.06. The molecule has 1 atom stereocenters. The van der Waals surface area contributed by atoms with E-state index in [1.165, 1.54) is 0 Å². The number of aromatic nitrogens is 3. The zero-order valence-corrected chi connectivity index (χ0v) is 17.0. The van der Waals surface area contributed by atoms with Gasteiger partial charge in [0, 0.05) is 23.3 Å². The fraction of sp³-hybridized carbons (Fsp3) is 0.136. The second kappa shape index (κ2) is 8.79. The average Bonchev–Trinajstić information content (AvgIpc) is 3.16. The molecule has 4 aromatic rings. The monoisotopic (exact) mass is 405 g/mol. The molecule has 0 aliphatic carbocycles. The van der Waals surface area contributed by atoms with Crippen LogP contribution in [0.3, 0.4) is 0 Å². The van der Waals surface area contributed by atoms with Crippen molar-refractivity contribution in [1.82, 2.24) is 19.9 Å². The van der Waals surface area contributed by atoms with Gasteiger partial charge in [0.15, 0.2) is 0 Å². The fourth-order valence-electron chi connectivity index (χ4n) is 3.41. The summed E-state index contributed by atoms with van der Waals surface area (Å²) in [4.78, 5) is 21.2. The molecule has 3 N–H and O–H groups in total. The van der Waals surface area contributed by atoms with Gasteiger partial charge in [-0.25, -0.2) is 4.98 Å². The van der Waals surface area contributed by atoms with Crippen LogP contribution in [0.2, 0.25) is 0 Å². The zero-order chi connectivity index (χ0) is 19.5. The Hall–Kier alpha value is -3.32. The second-order valence-corrected chi connectivity index (χ2v) is 6.54. The van der Waals surface area contributed by atoms with Gasteiger partial charge in [-0.05, 0) is 36.2 Å². The predicted octanol–water partition coefficient (Wildman–Crippen LogP) is 4.00. The number of hydrogen-bond acceptors (Lipinski definition) is 4. The summed E-state index contributed by atoms with van der Waals surface area (Å²) in [7, 11) is 0. The number of fused-ring (bicyclic) bond motifs is 1. The Morgan fingerprint density at radius 2 is 1.90 bits per heavy atom. The maximum atomic E-state index is 13.0. The molecule has 148 valence electrons. The lowest BCUT2D eigenvalue weighted by Gasteiger charge is -2.18. The molecule has 0 aliphatic heterocycles. The van der Waals surface area contributed by atoms with Crippen LogP contribution in [0.15, 0.2) is 73.1 Å². The van der Waals surface area contributed by atoms with Crippen LogP contribution < -0.4 is 11.1 Å². The number of hydrogen-bond donors (Lipinski definition) is 2. The minimum atomic E-state index is -0.0961. The highest BCUT2D eigenvalue weighted by Gasteiger charge is 2.17. The molecule has 4 rings (SSSR count). The number of nitrogens with one attached hydrogen (secondary N) is 1. The molecule has 0 radical (unpaired) electrons. The van der Waals surface area contributed by atoms with Crippen LogP contribution in [-0.2, 0) is 0 Å². The van der Waals surface area contributed by atoms with E-state index >= 15 is 0 Å². The number of nitrogens with zero attached hydrogens (tertiary/aromatic N) is 3. The van der Waals surface area contributed by atoms with E-state index in [4.69, 9.17) is 5.73 Å². The van der Waals surface area contributed by atoms with Gasteiger partial charge in [0.2, 0.25) is 5.95 Å². The lowest BCUT2D eigenvalue weighted by molar-refractivity contribution is 0.0937. The van der Waals surface area contributed by atoms with E-state index in [1.54, 1.807) is 12.3 Å². The van der Waals surface area contributed by atoms with E-state index in [0.717, 1.165) is 22.9 Å². The van der Waals surface area contributed by atoms with Gasteiger partial charge < -0.3 is 15.6 Å². The maximum Gasteiger partial charge on any atom is 0.252 e. The van der Waals surface area contributed by atoms with E-state index < -0.39 is 0 Å². The maximum absolute atomic E-state index is 13.0. The van der Waals surface area contributed by atoms with Gasteiger partial charge in [-0.3, -0.25) is 4.79 Å². The first-order valence-electron chi connectivity index (χ1n) is 9.22. The van der Waals surface area contributed by atoms with E-state index in [0.29, 0.717) is 11.4 Å². The summed E-state index contributed by atoms with van der Waals surface area (Å²) in [5, 5.41) is 4.02. The molecule has 0 saturated carbocycles. The largest absolute Gasteiger partial charge is 0.368 e. The smallest absolute Gasteiger partial charge is 0.252 e. The molecule has 0 aliphatic rings. The summed E-state index contributed by atoms with van der Waals surface area (Å²) in [6.07, 6.45) is 4.32. The molecular weight excluding hydrogens is 382 g/mol. The van der Waals surface area contributed by atoms with E-state index in [9.17, 15) is 4.79 Å². The minimum Gasteiger partial charge on any atom is -0.368 e. The Morgan fingerprint density at radius 3 is 2.62 bits per heavy atom. The number of rotatable bonds is 5. The Bertz CT molecular complexity index is 1130. The molecule has 0 bridgehead atoms. The van der Waals surface area contributed by atoms with Crippen molar-refractivity contribution < 1.29 is 4.79 Å². The van der Waals surface area contributed by atoms with Crippen molar-refractivity contribution in [3.63, 3.8) is 0 Å². The predicted molar refractivity (Wildman–Crippen MR) is 121 cm³/mol. The van der Waals surface area contributed by atoms with Gasteiger partial charge in [0.25, 0.3) is 5.91 Å². The Morgan fingerprint density at radius 1 is 1.10 bits per heavy atom. The topological polar surface area (TPSA) is 85.8 Å². The van der Waals surface area contributed by atoms with E-state index in [-0.39, 0.29) is 31.4 Å². The van der Waals surface area contributed by atoms with Crippen LogP contribution in [0.4, 0.5) is 5.95 Å². The van der Waals surface area contributed by atoms with Crippen molar-refractivity contribution in [2.45, 2.75) is 19.4 Å². The van der Waals surface area contributed by atoms with Crippen molar-refractivity contribution in [3.05, 3.63) is 84.2 Å². The van der Waals surface area contributed by atoms with Crippen LogP contribution >= 0.6 is 13.5 Å². The molecule has 1 amide bonds. The molecule has 2 aromatic heterocycles. The number of nitrogen functional groups attached to an aromatic ring is 1. The first-order chi connectivity index (χ1) is 13.7. The van der Waals surface area contributed by atoms with Crippen LogP contribution in [-0.4, -0.2) is 20.4 Å². The second-order valence-electron chi connectivity index (χ2n) is 6.54. The number of amides is 1. The average molecular weight is 406 g/mol. The van der Waals surface area contributed by atoms with Crippen LogP contribution in [0.1, 0.15) is 35.3 Å². The molecule has 0 unspecified atom stereocenters. The minimum absolute atomic E-state index is 0. The molecule has 7 heteroatoms. The van der Waals surface area contributed by atoms with Crippen molar-refractivity contribution in [3.8, 4) is 5.82 Å². The van der Waals surface area contributed by atoms with Gasteiger partial charge in [-0.15, -0.1) is 0 Å². The molecule has 6 nitrogen and oxygen atoms in total. The zero-order valence-electron chi connectivity index (χ0n) is 16.0. The van der Waals surface area contributed by atoms with Crippen LogP contribution in [0.5, 0.6) is 0 Å². The van der Waals surface area contributed by atoms with Crippen LogP contribution in [0, 0.1) is 0 Å². The van der Waals surface area contributed by atoms with E-state index in [2.05, 4.69) is 22.2 Å². The van der Waals surface area contributed by atoms with Gasteiger partial charge in [-0.1, -0.05) is 43.3 Å². The Labute approximate surface area is 176 Å². The lowest BCUT2D eigenvalue weighted by atomic mass is 10.0. The third kappa shape index (κ3) is 4.09. The normalized spacial score (nSPS) is 11.6. The van der Waals surface area contributed by atoms with Crippen LogP contribution in [0.25, 0.3) is 16.7 Å². The van der Waals surface area contributed by atoms with Gasteiger partial charge in [0.05, 0.1) is 11.6 Å². The first kappa shape index (κ1) is 20.4. The molecular formula is C22H23N5OS. The highest BCUT2D eigenvalue weighted by molar-refractivity contribution is 7.59. The molecule has 2 heterocycles. The van der Waals surface area contributed by atoms with Crippen molar-refractivity contribution in [2.24, 2.45) is 0 Å². The number of benzene rings is 2. The summed E-state index contributed by atoms with van der Waals surface area (Å²) >= 11 is 0. The number of nitrogens with two attached hydrogens (primary N) is 1. The number of carbonyl (C=O) groups excluding carboxylic acids is 1. The van der Waals surface area contributed by atoms with Gasteiger partial charge >= 0.3 is 0 Å². The van der Waals surface area contributed by atoms with Gasteiger partial charge in [0.1, 0.15) is 5.82 Å². The van der Waals surface area contributed by atoms with Crippen molar-refractivity contribution in [1.29, 1.82) is 0 Å². The molecule has 0 spiro atoms. The number of carbonyl (C=O) groups is 1. The Balaban J connectivity index is 0.00000240. The van der Waals surface area contributed by atoms with Gasteiger partial charge in [-0.2, -0.15) is 18.5 Å². The van der Waals surface area contributed by atoms with E-state index in [1.807, 2.05) is 65.4 Å². The Kier molecular flexibility index (Phi) is 6.19. The third-order valence-electron chi connectivity index (χ3n) is 4.80. The summed E-state index contributed by atoms with van der Waals surface area (Å²) < 4.78 is 1.90. The summed E-state index contributed by atoms with van der Waals surface area (Å²) in [5.41, 5.74) is 8.33. The summed E-state index contributed by atoms with van der Waals surface area (Å²) in [5.74, 6) is 0.777. The number of anilines is 1. The molecule has 0 saturated heterocycles. The SMILES string of the molecule is CC[C@H](NC(=O)c1cccc2c1ccn2-c1ccnc(N)n1)c1ccccc1.S. The molecule has 2 aromatic carbocycles. The third-order valence-corrected chi connectivity index (χ3v) is 4.80.